The van der Waals surface area contributed by atoms with Crippen LogP contribution in [0.2, 0.25) is 0 Å². The number of aromatic nitrogens is 6. The average molecular weight is 386 g/mol. The lowest BCUT2D eigenvalue weighted by Crippen LogP contribution is -2.41. The van der Waals surface area contributed by atoms with Gasteiger partial charge in [0.2, 0.25) is 0 Å². The van der Waals surface area contributed by atoms with Gasteiger partial charge in [0.15, 0.2) is 17.3 Å². The number of aromatic amines is 1. The summed E-state index contributed by atoms with van der Waals surface area (Å²) in [6.07, 6.45) is 2.85. The van der Waals surface area contributed by atoms with Gasteiger partial charge in [-0.1, -0.05) is 0 Å². The molecule has 0 aliphatic carbocycles. The topological polar surface area (TPSA) is 105 Å². The Morgan fingerprint density at radius 3 is 2.75 bits per heavy atom. The lowest BCUT2D eigenvalue weighted by molar-refractivity contribution is 0.579. The molecule has 4 rings (SSSR count). The molecule has 3 aromatic heterocycles. The number of rotatable bonds is 4. The molecule has 4 aromatic rings. The van der Waals surface area contributed by atoms with Crippen LogP contribution in [0, 0.1) is 11.6 Å². The van der Waals surface area contributed by atoms with Crippen LogP contribution < -0.4 is 15.9 Å². The number of nitrogens with one attached hydrogen (secondary N) is 2. The molecule has 144 valence electrons. The Balaban J connectivity index is 1.88. The fraction of sp³-hybridized carbons (Fsp3) is 0.235. The van der Waals surface area contributed by atoms with Gasteiger partial charge in [-0.05, 0) is 6.92 Å². The van der Waals surface area contributed by atoms with Crippen molar-refractivity contribution >= 4 is 27.9 Å². The predicted molar refractivity (Wildman–Crippen MR) is 99.7 cm³/mol. The summed E-state index contributed by atoms with van der Waals surface area (Å²) in [6, 6.07) is 1.17. The molecule has 0 aliphatic heterocycles. The van der Waals surface area contributed by atoms with Crippen LogP contribution in [0.5, 0.6) is 0 Å². The van der Waals surface area contributed by atoms with Crippen LogP contribution >= 0.6 is 0 Å². The highest BCUT2D eigenvalue weighted by atomic mass is 19.1. The summed E-state index contributed by atoms with van der Waals surface area (Å²) in [4.78, 5) is 32.5. The zero-order valence-electron chi connectivity index (χ0n) is 15.2. The van der Waals surface area contributed by atoms with Crippen molar-refractivity contribution in [1.29, 1.82) is 0 Å². The van der Waals surface area contributed by atoms with Crippen LogP contribution in [0.4, 0.5) is 14.6 Å². The number of H-pyrrole nitrogens is 1. The van der Waals surface area contributed by atoms with Gasteiger partial charge in [-0.3, -0.25) is 4.79 Å². The van der Waals surface area contributed by atoms with Crippen LogP contribution in [0.15, 0.2) is 29.6 Å². The van der Waals surface area contributed by atoms with Gasteiger partial charge in [-0.15, -0.1) is 0 Å². The maximum Gasteiger partial charge on any atom is 0.283 e. The maximum absolute atomic E-state index is 14.2. The average Bonchev–Trinajstić information content (AvgIpc) is 3.10. The molecule has 1 atom stereocenters. The molecular weight excluding hydrogens is 370 g/mol. The predicted octanol–water partition coefficient (Wildman–Crippen LogP) is 1.71. The first-order chi connectivity index (χ1) is 13.4. The summed E-state index contributed by atoms with van der Waals surface area (Å²) < 4.78 is 29.1. The lowest BCUT2D eigenvalue weighted by atomic mass is 10.2. The number of nitrogens with zero attached hydrogens (tertiary/aromatic N) is 6. The minimum Gasteiger partial charge on any atom is -0.358 e. The largest absolute Gasteiger partial charge is 0.358 e. The van der Waals surface area contributed by atoms with Gasteiger partial charge in [0.1, 0.15) is 28.9 Å². The smallest absolute Gasteiger partial charge is 0.283 e. The molecule has 0 saturated heterocycles. The number of anilines is 1. The van der Waals surface area contributed by atoms with E-state index in [0.29, 0.717) is 23.0 Å². The highest BCUT2D eigenvalue weighted by molar-refractivity contribution is 5.82. The zero-order valence-corrected chi connectivity index (χ0v) is 15.2. The van der Waals surface area contributed by atoms with Crippen LogP contribution in [0.3, 0.4) is 0 Å². The van der Waals surface area contributed by atoms with Crippen molar-refractivity contribution in [2.75, 3.05) is 24.4 Å². The van der Waals surface area contributed by atoms with Gasteiger partial charge in [-0.25, -0.2) is 33.4 Å². The van der Waals surface area contributed by atoms with E-state index in [0.717, 1.165) is 6.07 Å². The summed E-state index contributed by atoms with van der Waals surface area (Å²) in [5.74, 6) is -1.04. The molecule has 11 heteroatoms. The zero-order chi connectivity index (χ0) is 20.0. The molecule has 1 unspecified atom stereocenters. The van der Waals surface area contributed by atoms with Crippen molar-refractivity contribution in [3.05, 3.63) is 52.6 Å². The van der Waals surface area contributed by atoms with E-state index < -0.39 is 23.2 Å². The Morgan fingerprint density at radius 2 is 2.00 bits per heavy atom. The first-order valence-electron chi connectivity index (χ1n) is 8.36. The third kappa shape index (κ3) is 2.80. The number of fused-ring (bicyclic) bond motifs is 2. The Labute approximate surface area is 157 Å². The summed E-state index contributed by atoms with van der Waals surface area (Å²) in [5, 5.41) is 4.35. The molecule has 2 N–H and O–H groups in total. The maximum atomic E-state index is 14.2. The van der Waals surface area contributed by atoms with Gasteiger partial charge >= 0.3 is 0 Å². The van der Waals surface area contributed by atoms with Gasteiger partial charge in [0.05, 0.1) is 17.9 Å². The quantitative estimate of drug-likeness (QED) is 0.550. The van der Waals surface area contributed by atoms with E-state index in [4.69, 9.17) is 0 Å². The third-order valence-electron chi connectivity index (χ3n) is 4.26. The van der Waals surface area contributed by atoms with E-state index in [9.17, 15) is 13.6 Å². The molecule has 1 aromatic carbocycles. The van der Waals surface area contributed by atoms with Gasteiger partial charge in [0, 0.05) is 26.2 Å². The van der Waals surface area contributed by atoms with Crippen molar-refractivity contribution < 1.29 is 8.78 Å². The van der Waals surface area contributed by atoms with E-state index in [1.54, 1.807) is 21.0 Å². The minimum atomic E-state index is -0.953. The Kier molecular flexibility index (Phi) is 4.13. The van der Waals surface area contributed by atoms with Crippen molar-refractivity contribution in [2.24, 2.45) is 0 Å². The molecule has 0 saturated carbocycles. The van der Waals surface area contributed by atoms with E-state index >= 15 is 0 Å². The van der Waals surface area contributed by atoms with Crippen LogP contribution in [-0.2, 0) is 0 Å². The number of imidazole rings is 1. The number of halogens is 2. The van der Waals surface area contributed by atoms with Crippen LogP contribution in [-0.4, -0.2) is 43.7 Å². The van der Waals surface area contributed by atoms with Gasteiger partial charge < -0.3 is 15.3 Å². The highest BCUT2D eigenvalue weighted by Crippen LogP contribution is 2.22. The monoisotopic (exact) mass is 386 g/mol. The fourth-order valence-electron chi connectivity index (χ4n) is 3.05. The van der Waals surface area contributed by atoms with E-state index in [1.807, 2.05) is 0 Å². The molecular formula is C17H16F2N8O. The van der Waals surface area contributed by atoms with Crippen molar-refractivity contribution in [1.82, 2.24) is 29.6 Å². The summed E-state index contributed by atoms with van der Waals surface area (Å²) >= 11 is 0. The molecule has 28 heavy (non-hydrogen) atoms. The van der Waals surface area contributed by atoms with Crippen molar-refractivity contribution in [3.63, 3.8) is 0 Å². The van der Waals surface area contributed by atoms with E-state index in [2.05, 4.69) is 30.2 Å². The normalized spacial score (nSPS) is 12.5. The Bertz CT molecular complexity index is 1250. The molecule has 0 spiro atoms. The molecule has 9 nitrogen and oxygen atoms in total. The number of hydrogen-bond acceptors (Lipinski definition) is 7. The number of hydrogen-bond donors (Lipinski definition) is 2. The third-order valence-corrected chi connectivity index (χ3v) is 4.26. The Morgan fingerprint density at radius 1 is 1.21 bits per heavy atom. The van der Waals surface area contributed by atoms with Crippen molar-refractivity contribution in [3.8, 4) is 0 Å². The molecule has 0 bridgehead atoms. The molecule has 0 radical (unpaired) electrons. The van der Waals surface area contributed by atoms with Crippen molar-refractivity contribution in [2.45, 2.75) is 13.0 Å². The first-order valence-corrected chi connectivity index (χ1v) is 8.36. The van der Waals surface area contributed by atoms with Gasteiger partial charge in [0.25, 0.3) is 5.56 Å². The first kappa shape index (κ1) is 17.8. The molecule has 0 fully saturated rings. The fourth-order valence-corrected chi connectivity index (χ4v) is 3.05. The minimum absolute atomic E-state index is 0.0568. The van der Waals surface area contributed by atoms with Gasteiger partial charge in [-0.2, -0.15) is 0 Å². The summed E-state index contributed by atoms with van der Waals surface area (Å²) in [7, 11) is 3.26. The SMILES string of the molecule is CC(Nc1ncnc2nc[nH]c12)c1nc2cc(F)cc(F)c2c(=O)n1N(C)C. The molecule has 0 amide bonds. The Hall–Kier alpha value is -3.63. The highest BCUT2D eigenvalue weighted by Gasteiger charge is 2.21. The second-order valence-corrected chi connectivity index (χ2v) is 6.41. The number of benzene rings is 1. The summed E-state index contributed by atoms with van der Waals surface area (Å²) in [5.41, 5.74) is 0.375. The van der Waals surface area contributed by atoms with E-state index in [-0.39, 0.29) is 16.7 Å². The summed E-state index contributed by atoms with van der Waals surface area (Å²) in [6.45, 7) is 1.76. The lowest BCUT2D eigenvalue weighted by Gasteiger charge is -2.24. The van der Waals surface area contributed by atoms with Crippen LogP contribution in [0.25, 0.3) is 22.1 Å². The second-order valence-electron chi connectivity index (χ2n) is 6.41. The van der Waals surface area contributed by atoms with Crippen LogP contribution in [0.1, 0.15) is 18.8 Å². The molecule has 3 heterocycles. The molecule has 0 aliphatic rings. The standard InChI is InChI=1S/C17H16F2N8O/c1-8(24-15-13-14(21-6-20-13)22-7-23-15)16-25-11-5-9(18)4-10(19)12(11)17(28)27(16)26(2)3/h4-8H,1-3H3,(H2,20,21,22,23,24). The second kappa shape index (κ2) is 6.51. The van der Waals surface area contributed by atoms with E-state index in [1.165, 1.54) is 22.3 Å².